The molecule has 1 saturated carbocycles. The molecule has 212 valence electrons. The van der Waals surface area contributed by atoms with Crippen LogP contribution < -0.4 is 4.90 Å². The number of benzene rings is 1. The Morgan fingerprint density at radius 3 is 2.48 bits per heavy atom. The summed E-state index contributed by atoms with van der Waals surface area (Å²) in [6.07, 6.45) is 37.6. The highest BCUT2D eigenvalue weighted by molar-refractivity contribution is 5.74. The molecule has 0 aliphatic heterocycles. The Hall–Kier alpha value is -3.32. The molecule has 0 unspecified atom stereocenters. The standard InChI is InChI=1S/C39H51N/c1-7-10-13-19-33(6)40(29-18-24-34(8-2)37-22-16-12-17-23-37)38-28-26-32(5)39(30-38)35(9-3)27-25-31(4)36-20-14-11-15-21-36/h8,10-11,13-14,18-20,24-30,37H,2,7,9,12,15-17,21-23H2,1,3-6H3/b13-10-,29-18+,31-25+,33-19+,34-24+,35-27+. The predicted molar refractivity (Wildman–Crippen MR) is 179 cm³/mol. The Morgan fingerprint density at radius 1 is 1.00 bits per heavy atom. The third kappa shape index (κ3) is 9.12. The number of hydrogen-bond donors (Lipinski definition) is 0. The van der Waals surface area contributed by atoms with Crippen LogP contribution in [0.15, 0.2) is 120 Å². The molecule has 3 rings (SSSR count). The van der Waals surface area contributed by atoms with Gasteiger partial charge in [-0.2, -0.15) is 0 Å². The molecule has 0 radical (unpaired) electrons. The minimum atomic E-state index is 0.647. The molecule has 1 heteroatoms. The zero-order chi connectivity index (χ0) is 28.7. The normalized spacial score (nSPS) is 18.1. The molecule has 0 heterocycles. The maximum atomic E-state index is 4.13. The summed E-state index contributed by atoms with van der Waals surface area (Å²) < 4.78 is 0. The summed E-state index contributed by atoms with van der Waals surface area (Å²) in [5, 5.41) is 0. The lowest BCUT2D eigenvalue weighted by atomic mass is 9.83. The lowest BCUT2D eigenvalue weighted by Gasteiger charge is -2.24. The van der Waals surface area contributed by atoms with Gasteiger partial charge in [-0.25, -0.2) is 0 Å². The van der Waals surface area contributed by atoms with Gasteiger partial charge in [-0.15, -0.1) is 0 Å². The van der Waals surface area contributed by atoms with Crippen LogP contribution in [0.25, 0.3) is 5.57 Å². The third-order valence-corrected chi connectivity index (χ3v) is 8.21. The minimum absolute atomic E-state index is 0.647. The van der Waals surface area contributed by atoms with Crippen molar-refractivity contribution >= 4 is 11.3 Å². The summed E-state index contributed by atoms with van der Waals surface area (Å²) in [6.45, 7) is 15.2. The molecule has 0 atom stereocenters. The maximum Gasteiger partial charge on any atom is 0.0458 e. The first-order valence-electron chi connectivity index (χ1n) is 15.5. The van der Waals surface area contributed by atoms with Crippen LogP contribution in [-0.2, 0) is 0 Å². The summed E-state index contributed by atoms with van der Waals surface area (Å²) in [5.41, 5.74) is 10.5. The Labute approximate surface area is 245 Å². The molecule has 2 aliphatic carbocycles. The van der Waals surface area contributed by atoms with Crippen molar-refractivity contribution in [2.24, 2.45) is 5.92 Å². The van der Waals surface area contributed by atoms with Crippen LogP contribution in [0.4, 0.5) is 5.69 Å². The summed E-state index contributed by atoms with van der Waals surface area (Å²) in [6, 6.07) is 6.88. The van der Waals surface area contributed by atoms with E-state index in [9.17, 15) is 0 Å². The molecule has 1 aromatic carbocycles. The van der Waals surface area contributed by atoms with Crippen molar-refractivity contribution in [3.63, 3.8) is 0 Å². The Bertz CT molecular complexity index is 1230. The van der Waals surface area contributed by atoms with Crippen LogP contribution in [0.3, 0.4) is 0 Å². The van der Waals surface area contributed by atoms with Crippen molar-refractivity contribution in [1.29, 1.82) is 0 Å². The molecule has 0 amide bonds. The van der Waals surface area contributed by atoms with E-state index in [2.05, 4.69) is 137 Å². The summed E-state index contributed by atoms with van der Waals surface area (Å²) in [7, 11) is 0. The second-order valence-electron chi connectivity index (χ2n) is 11.1. The Morgan fingerprint density at radius 2 is 1.80 bits per heavy atom. The largest absolute Gasteiger partial charge is 0.321 e. The highest BCUT2D eigenvalue weighted by Crippen LogP contribution is 2.32. The van der Waals surface area contributed by atoms with E-state index in [4.69, 9.17) is 0 Å². The van der Waals surface area contributed by atoms with Gasteiger partial charge in [-0.3, -0.25) is 0 Å². The molecule has 0 spiro atoms. The van der Waals surface area contributed by atoms with E-state index in [1.165, 1.54) is 76.9 Å². The summed E-state index contributed by atoms with van der Waals surface area (Å²) >= 11 is 0. The van der Waals surface area contributed by atoms with Crippen molar-refractivity contribution in [1.82, 2.24) is 0 Å². The Balaban J connectivity index is 1.97. The van der Waals surface area contributed by atoms with E-state index in [1.54, 1.807) is 0 Å². The highest BCUT2D eigenvalue weighted by atomic mass is 15.1. The average Bonchev–Trinajstić information content (AvgIpc) is 2.99. The number of rotatable bonds is 12. The van der Waals surface area contributed by atoms with Crippen molar-refractivity contribution in [3.8, 4) is 0 Å². The molecule has 0 saturated heterocycles. The van der Waals surface area contributed by atoms with Gasteiger partial charge in [-0.05, 0) is 123 Å². The van der Waals surface area contributed by atoms with Gasteiger partial charge in [-0.1, -0.05) is 100 Å². The fourth-order valence-corrected chi connectivity index (χ4v) is 5.65. The van der Waals surface area contributed by atoms with E-state index in [1.807, 2.05) is 0 Å². The zero-order valence-electron chi connectivity index (χ0n) is 25.8. The van der Waals surface area contributed by atoms with Crippen LogP contribution >= 0.6 is 0 Å². The molecule has 0 N–H and O–H groups in total. The molecule has 1 fully saturated rings. The second-order valence-corrected chi connectivity index (χ2v) is 11.1. The number of hydrogen-bond acceptors (Lipinski definition) is 1. The van der Waals surface area contributed by atoms with Gasteiger partial charge >= 0.3 is 0 Å². The average molecular weight is 534 g/mol. The third-order valence-electron chi connectivity index (χ3n) is 8.21. The van der Waals surface area contributed by atoms with Gasteiger partial charge in [0.2, 0.25) is 0 Å². The fraction of sp³-hybridized carbons (Fsp3) is 0.385. The molecule has 40 heavy (non-hydrogen) atoms. The van der Waals surface area contributed by atoms with Crippen molar-refractivity contribution in [2.45, 2.75) is 92.4 Å². The number of nitrogens with zero attached hydrogens (tertiary/aromatic N) is 1. The quantitative estimate of drug-likeness (QED) is 0.241. The van der Waals surface area contributed by atoms with Crippen molar-refractivity contribution in [2.75, 3.05) is 4.90 Å². The van der Waals surface area contributed by atoms with E-state index in [-0.39, 0.29) is 0 Å². The molecule has 2 aliphatic rings. The van der Waals surface area contributed by atoms with Gasteiger partial charge in [0, 0.05) is 17.6 Å². The van der Waals surface area contributed by atoms with Crippen LogP contribution in [-0.4, -0.2) is 0 Å². The molecule has 1 nitrogen and oxygen atoms in total. The predicted octanol–water partition coefficient (Wildman–Crippen LogP) is 11.9. The SMILES string of the molecule is C=C/C(=C\C=C\N(/C(C)=C/C=C\CC)c1ccc(C)c(/C(=C/C=C(\C)C2=CC=CCC2)CC)c1)C1CCCCC1. The minimum Gasteiger partial charge on any atom is -0.321 e. The monoisotopic (exact) mass is 533 g/mol. The molecule has 0 bridgehead atoms. The lowest BCUT2D eigenvalue weighted by Crippen LogP contribution is -2.13. The van der Waals surface area contributed by atoms with Crippen LogP contribution in [0.5, 0.6) is 0 Å². The van der Waals surface area contributed by atoms with E-state index >= 15 is 0 Å². The van der Waals surface area contributed by atoms with Gasteiger partial charge in [0.1, 0.15) is 0 Å². The first kappa shape index (κ1) is 31.2. The van der Waals surface area contributed by atoms with E-state index < -0.39 is 0 Å². The molecule has 1 aromatic rings. The summed E-state index contributed by atoms with van der Waals surface area (Å²) in [5.74, 6) is 0.647. The maximum absolute atomic E-state index is 4.13. The van der Waals surface area contributed by atoms with Crippen molar-refractivity contribution < 1.29 is 0 Å². The molecule has 0 aromatic heterocycles. The highest BCUT2D eigenvalue weighted by Gasteiger charge is 2.15. The lowest BCUT2D eigenvalue weighted by molar-refractivity contribution is 0.408. The first-order chi connectivity index (χ1) is 19.5. The summed E-state index contributed by atoms with van der Waals surface area (Å²) in [4.78, 5) is 2.31. The number of allylic oxidation sites excluding steroid dienone is 16. The molecular formula is C39H51N. The zero-order valence-corrected chi connectivity index (χ0v) is 25.8. The van der Waals surface area contributed by atoms with Gasteiger partial charge < -0.3 is 4.90 Å². The van der Waals surface area contributed by atoms with Crippen molar-refractivity contribution in [3.05, 3.63) is 131 Å². The van der Waals surface area contributed by atoms with E-state index in [0.717, 1.165) is 25.7 Å². The second kappa shape index (κ2) is 16.7. The van der Waals surface area contributed by atoms with Crippen LogP contribution in [0, 0.1) is 12.8 Å². The van der Waals surface area contributed by atoms with Crippen LogP contribution in [0.2, 0.25) is 0 Å². The molecular weight excluding hydrogens is 482 g/mol. The van der Waals surface area contributed by atoms with Gasteiger partial charge in [0.25, 0.3) is 0 Å². The number of anilines is 1. The Kier molecular flexibility index (Phi) is 13.0. The van der Waals surface area contributed by atoms with Gasteiger partial charge in [0.15, 0.2) is 0 Å². The van der Waals surface area contributed by atoms with E-state index in [0.29, 0.717) is 5.92 Å². The number of aryl methyl sites for hydroxylation is 1. The smallest absolute Gasteiger partial charge is 0.0458 e. The van der Waals surface area contributed by atoms with Gasteiger partial charge in [0.05, 0.1) is 0 Å². The van der Waals surface area contributed by atoms with Crippen LogP contribution in [0.1, 0.15) is 96.6 Å². The topological polar surface area (TPSA) is 3.24 Å². The fourth-order valence-electron chi connectivity index (χ4n) is 5.65. The first-order valence-corrected chi connectivity index (χ1v) is 15.5.